The lowest BCUT2D eigenvalue weighted by Gasteiger charge is -2.26. The van der Waals surface area contributed by atoms with Gasteiger partial charge in [-0.3, -0.25) is 4.84 Å². The number of rotatable bonds is 3. The molecule has 0 aliphatic rings. The first kappa shape index (κ1) is 8.88. The molecule has 3 nitrogen and oxygen atoms in total. The van der Waals surface area contributed by atoms with E-state index in [9.17, 15) is 0 Å². The Morgan fingerprint density at radius 1 is 1.67 bits per heavy atom. The molecule has 0 amide bonds. The minimum Gasteiger partial charge on any atom is -0.366 e. The van der Waals surface area contributed by atoms with Gasteiger partial charge in [-0.1, -0.05) is 20.8 Å². The number of nitrogens with two attached hydrogens (primary N) is 1. The Labute approximate surface area is 55.8 Å². The Kier molecular flexibility index (Phi) is 3.11. The van der Waals surface area contributed by atoms with Gasteiger partial charge in [0.1, 0.15) is 0 Å². The van der Waals surface area contributed by atoms with E-state index in [0.29, 0.717) is 0 Å². The van der Waals surface area contributed by atoms with Gasteiger partial charge in [0.25, 0.3) is 0 Å². The van der Waals surface area contributed by atoms with Crippen LogP contribution < -0.4 is 5.90 Å². The first-order chi connectivity index (χ1) is 4.04. The van der Waals surface area contributed by atoms with Crippen LogP contribution in [0.15, 0.2) is 0 Å². The summed E-state index contributed by atoms with van der Waals surface area (Å²) in [5.74, 6) is 4.78. The predicted molar refractivity (Wildman–Crippen MR) is 35.4 cm³/mol. The van der Waals surface area contributed by atoms with E-state index < -0.39 is 6.29 Å². The predicted octanol–water partition coefficient (Wildman–Crippen LogP) is 0.631. The van der Waals surface area contributed by atoms with Crippen molar-refractivity contribution in [2.24, 2.45) is 11.3 Å². The van der Waals surface area contributed by atoms with Crippen molar-refractivity contribution in [3.05, 3.63) is 0 Å². The normalized spacial score (nSPS) is 15.7. The van der Waals surface area contributed by atoms with Gasteiger partial charge in [-0.15, -0.1) is 0 Å². The molecule has 1 unspecified atom stereocenters. The van der Waals surface area contributed by atoms with E-state index in [1.54, 1.807) is 0 Å². The summed E-state index contributed by atoms with van der Waals surface area (Å²) in [6.45, 7) is 5.76. The summed E-state index contributed by atoms with van der Waals surface area (Å²) in [5.41, 5.74) is -0.241. The Balaban J connectivity index is 3.80. The fourth-order valence-corrected chi connectivity index (χ4v) is 0.359. The average molecular weight is 133 g/mol. The summed E-state index contributed by atoms with van der Waals surface area (Å²) < 4.78 is 0. The molecule has 3 heteroatoms. The van der Waals surface area contributed by atoms with Crippen molar-refractivity contribution in [2.45, 2.75) is 33.5 Å². The van der Waals surface area contributed by atoms with E-state index in [-0.39, 0.29) is 5.41 Å². The van der Waals surface area contributed by atoms with Crippen molar-refractivity contribution in [2.75, 3.05) is 0 Å². The highest BCUT2D eigenvalue weighted by molar-refractivity contribution is 4.68. The first-order valence-corrected chi connectivity index (χ1v) is 3.08. The van der Waals surface area contributed by atoms with Gasteiger partial charge < -0.3 is 5.11 Å². The summed E-state index contributed by atoms with van der Waals surface area (Å²) >= 11 is 0. The quantitative estimate of drug-likeness (QED) is 0.438. The molecule has 0 saturated carbocycles. The Morgan fingerprint density at radius 3 is 2.22 bits per heavy atom. The van der Waals surface area contributed by atoms with Crippen molar-refractivity contribution < 1.29 is 9.94 Å². The molecule has 0 aromatic rings. The third kappa shape index (κ3) is 2.30. The summed E-state index contributed by atoms with van der Waals surface area (Å²) in [4.78, 5) is 4.26. The number of hydrogen-bond acceptors (Lipinski definition) is 3. The van der Waals surface area contributed by atoms with Crippen LogP contribution in [-0.4, -0.2) is 11.4 Å². The maximum atomic E-state index is 9.04. The number of aliphatic hydroxyl groups is 1. The minimum atomic E-state index is -0.859. The molecule has 56 valence electrons. The van der Waals surface area contributed by atoms with Crippen molar-refractivity contribution >= 4 is 0 Å². The summed E-state index contributed by atoms with van der Waals surface area (Å²) in [7, 11) is 0. The van der Waals surface area contributed by atoms with E-state index in [1.165, 1.54) is 0 Å². The molecule has 0 radical (unpaired) electrons. The zero-order valence-electron chi connectivity index (χ0n) is 6.22. The van der Waals surface area contributed by atoms with E-state index in [4.69, 9.17) is 11.0 Å². The van der Waals surface area contributed by atoms with Crippen LogP contribution in [0.4, 0.5) is 0 Å². The van der Waals surface area contributed by atoms with Crippen LogP contribution in [0.5, 0.6) is 0 Å². The third-order valence-electron chi connectivity index (χ3n) is 1.71. The molecule has 3 N–H and O–H groups in total. The molecule has 0 heterocycles. The Hall–Kier alpha value is -0.120. The topological polar surface area (TPSA) is 55.5 Å². The van der Waals surface area contributed by atoms with E-state index in [1.807, 2.05) is 20.8 Å². The standard InChI is InChI=1S/C6H15NO2/c1-4-6(2,3)5(8)9-7/h5,8H,4,7H2,1-3H3. The van der Waals surface area contributed by atoms with Gasteiger partial charge in [0, 0.05) is 5.41 Å². The molecular weight excluding hydrogens is 118 g/mol. The molecule has 0 rings (SSSR count). The van der Waals surface area contributed by atoms with Gasteiger partial charge in [-0.25, -0.2) is 5.90 Å². The molecule has 1 atom stereocenters. The van der Waals surface area contributed by atoms with Crippen molar-refractivity contribution in [3.8, 4) is 0 Å². The Bertz CT molecular complexity index is 83.1. The fourth-order valence-electron chi connectivity index (χ4n) is 0.359. The van der Waals surface area contributed by atoms with E-state index in [0.717, 1.165) is 6.42 Å². The van der Waals surface area contributed by atoms with Crippen LogP contribution in [0, 0.1) is 5.41 Å². The molecule has 0 fully saturated rings. The summed E-state index contributed by atoms with van der Waals surface area (Å²) in [6, 6.07) is 0. The average Bonchev–Trinajstić information content (AvgIpc) is 1.86. The van der Waals surface area contributed by atoms with Gasteiger partial charge in [-0.2, -0.15) is 0 Å². The Morgan fingerprint density at radius 2 is 2.11 bits per heavy atom. The lowest BCUT2D eigenvalue weighted by molar-refractivity contribution is -0.168. The molecule has 0 saturated heterocycles. The highest BCUT2D eigenvalue weighted by Crippen LogP contribution is 2.23. The second kappa shape index (κ2) is 3.15. The van der Waals surface area contributed by atoms with E-state index in [2.05, 4.69) is 4.84 Å². The van der Waals surface area contributed by atoms with Gasteiger partial charge in [-0.05, 0) is 6.42 Å². The third-order valence-corrected chi connectivity index (χ3v) is 1.71. The van der Waals surface area contributed by atoms with Crippen molar-refractivity contribution in [1.82, 2.24) is 0 Å². The molecule has 0 aromatic carbocycles. The molecular formula is C6H15NO2. The SMILES string of the molecule is CCC(C)(C)C(O)ON. The molecule has 9 heavy (non-hydrogen) atoms. The zero-order chi connectivity index (χ0) is 7.49. The van der Waals surface area contributed by atoms with Crippen LogP contribution in [-0.2, 0) is 4.84 Å². The lowest BCUT2D eigenvalue weighted by atomic mass is 9.90. The monoisotopic (exact) mass is 133 g/mol. The van der Waals surface area contributed by atoms with Crippen LogP contribution in [0.2, 0.25) is 0 Å². The summed E-state index contributed by atoms with van der Waals surface area (Å²) in [6.07, 6.45) is -0.0201. The second-order valence-electron chi connectivity index (χ2n) is 2.83. The van der Waals surface area contributed by atoms with Crippen LogP contribution in [0.25, 0.3) is 0 Å². The number of hydrogen-bond donors (Lipinski definition) is 2. The van der Waals surface area contributed by atoms with Gasteiger partial charge in [0.15, 0.2) is 6.29 Å². The van der Waals surface area contributed by atoms with Gasteiger partial charge in [0.05, 0.1) is 0 Å². The second-order valence-corrected chi connectivity index (χ2v) is 2.83. The van der Waals surface area contributed by atoms with Crippen molar-refractivity contribution in [3.63, 3.8) is 0 Å². The largest absolute Gasteiger partial charge is 0.366 e. The highest BCUT2D eigenvalue weighted by atomic mass is 16.7. The maximum absolute atomic E-state index is 9.04. The first-order valence-electron chi connectivity index (χ1n) is 3.08. The molecule has 0 aliphatic carbocycles. The van der Waals surface area contributed by atoms with E-state index >= 15 is 0 Å². The van der Waals surface area contributed by atoms with Crippen LogP contribution in [0.1, 0.15) is 27.2 Å². The lowest BCUT2D eigenvalue weighted by Crippen LogP contribution is -2.33. The minimum absolute atomic E-state index is 0.241. The molecule has 0 aromatic heterocycles. The molecule has 0 aliphatic heterocycles. The zero-order valence-corrected chi connectivity index (χ0v) is 6.22. The van der Waals surface area contributed by atoms with Crippen LogP contribution >= 0.6 is 0 Å². The number of aliphatic hydroxyl groups excluding tert-OH is 1. The van der Waals surface area contributed by atoms with Gasteiger partial charge in [0.2, 0.25) is 0 Å². The van der Waals surface area contributed by atoms with Crippen LogP contribution in [0.3, 0.4) is 0 Å². The molecule has 0 bridgehead atoms. The summed E-state index contributed by atoms with van der Waals surface area (Å²) in [5, 5.41) is 9.04. The smallest absolute Gasteiger partial charge is 0.179 e. The van der Waals surface area contributed by atoms with Gasteiger partial charge >= 0.3 is 0 Å². The maximum Gasteiger partial charge on any atom is 0.179 e. The fraction of sp³-hybridized carbons (Fsp3) is 1.00. The molecule has 0 spiro atoms. The highest BCUT2D eigenvalue weighted by Gasteiger charge is 2.25. The van der Waals surface area contributed by atoms with Crippen molar-refractivity contribution in [1.29, 1.82) is 0 Å².